The minimum absolute atomic E-state index is 0.0751. The van der Waals surface area contributed by atoms with Crippen molar-refractivity contribution in [2.24, 2.45) is 0 Å². The fourth-order valence-electron chi connectivity index (χ4n) is 11.7. The highest BCUT2D eigenvalue weighted by molar-refractivity contribution is 7.47. The lowest BCUT2D eigenvalue weighted by molar-refractivity contribution is -0.161. The third-order valence-corrected chi connectivity index (χ3v) is 20.1. The molecule has 0 heterocycles. The van der Waals surface area contributed by atoms with Gasteiger partial charge in [-0.05, 0) is 135 Å². The predicted octanol–water partition coefficient (Wildman–Crippen LogP) is 25.7. The van der Waals surface area contributed by atoms with E-state index in [0.29, 0.717) is 25.7 Å². The van der Waals surface area contributed by atoms with Gasteiger partial charge < -0.3 is 33.8 Å². The molecule has 0 aliphatic rings. The van der Waals surface area contributed by atoms with E-state index in [9.17, 15) is 43.2 Å². The fourth-order valence-corrected chi connectivity index (χ4v) is 13.2. The average molecular weight is 1560 g/mol. The number of ether oxygens (including phenoxy) is 4. The number of rotatable bonds is 81. The molecule has 0 saturated carbocycles. The first kappa shape index (κ1) is 104. The largest absolute Gasteiger partial charge is 0.472 e. The molecule has 0 aromatic rings. The molecule has 0 bridgehead atoms. The Kier molecular flexibility index (Phi) is 77.6. The van der Waals surface area contributed by atoms with Crippen LogP contribution in [0, 0.1) is 0 Å². The van der Waals surface area contributed by atoms with Crippen LogP contribution in [0.2, 0.25) is 0 Å². The molecule has 0 aromatic heterocycles. The first-order chi connectivity index (χ1) is 52.7. The molecule has 0 saturated heterocycles. The van der Waals surface area contributed by atoms with Crippen molar-refractivity contribution < 1.29 is 80.2 Å². The topological polar surface area (TPSA) is 237 Å². The number of esters is 4. The minimum atomic E-state index is -4.99. The summed E-state index contributed by atoms with van der Waals surface area (Å²) in [7, 11) is -9.97. The molecule has 0 aliphatic heterocycles. The van der Waals surface area contributed by atoms with Crippen molar-refractivity contribution in [2.45, 2.75) is 393 Å². The summed E-state index contributed by atoms with van der Waals surface area (Å²) in [5, 5.41) is 10.7. The van der Waals surface area contributed by atoms with Crippen molar-refractivity contribution in [3.8, 4) is 0 Å². The zero-order valence-corrected chi connectivity index (χ0v) is 70.3. The molecular formula is C89H156O17P2. The summed E-state index contributed by atoms with van der Waals surface area (Å²) < 4.78 is 68.8. The van der Waals surface area contributed by atoms with Gasteiger partial charge in [0, 0.05) is 25.7 Å². The van der Waals surface area contributed by atoms with Crippen LogP contribution in [0.5, 0.6) is 0 Å². The van der Waals surface area contributed by atoms with E-state index >= 15 is 0 Å². The van der Waals surface area contributed by atoms with Gasteiger partial charge in [0.1, 0.15) is 19.3 Å². The molecule has 108 heavy (non-hydrogen) atoms. The Hall–Kier alpha value is -4.28. The first-order valence-electron chi connectivity index (χ1n) is 43.1. The summed E-state index contributed by atoms with van der Waals surface area (Å²) in [6, 6.07) is 0. The Morgan fingerprint density at radius 2 is 0.481 bits per heavy atom. The monoisotopic (exact) mass is 1560 g/mol. The smallest absolute Gasteiger partial charge is 0.462 e. The molecule has 0 spiro atoms. The first-order valence-corrected chi connectivity index (χ1v) is 46.1. The average Bonchev–Trinajstić information content (AvgIpc) is 0.923. The maximum atomic E-state index is 13.1. The molecule has 5 unspecified atom stereocenters. The zero-order valence-electron chi connectivity index (χ0n) is 68.5. The quantitative estimate of drug-likeness (QED) is 0.0169. The Morgan fingerprint density at radius 3 is 0.759 bits per heavy atom. The second kappa shape index (κ2) is 80.8. The standard InChI is InChI=1S/C89H156O17P2/c1-5-9-13-17-21-25-29-33-37-39-41-43-47-49-53-57-61-65-69-73-86(91)99-79-84(105-88(93)75-71-67-63-59-55-51-45-35-31-27-23-19-15-11-7-3)81-103-107(95,96)101-77-83(90)78-102-108(97,98)104-82-85(106-89(94)76-72-68-64-60-56-52-46-36-32-28-24-20-16-12-8-4)80-100-87(92)74-70-66-62-58-54-50-48-44-42-40-38-34-30-26-22-18-14-10-6-2/h9,13,21-23,25-27,33-35,37-38,41-45,83-85,90H,5-8,10-12,14-20,24,28-32,36,39-40,46-82H2,1-4H3,(H,95,96)(H,97,98)/b13-9-,25-21-,26-22-,27-23-,37-33-,38-34-,43-41-,44-42-,45-35-. The van der Waals surface area contributed by atoms with Gasteiger partial charge in [0.15, 0.2) is 12.2 Å². The Bertz CT molecular complexity index is 2470. The van der Waals surface area contributed by atoms with E-state index in [4.69, 9.17) is 37.0 Å². The summed E-state index contributed by atoms with van der Waals surface area (Å²) in [6.45, 7) is 4.73. The van der Waals surface area contributed by atoms with Gasteiger partial charge >= 0.3 is 39.5 Å². The van der Waals surface area contributed by atoms with Crippen LogP contribution in [0.15, 0.2) is 109 Å². The molecule has 624 valence electrons. The summed E-state index contributed by atoms with van der Waals surface area (Å²) >= 11 is 0. The number of allylic oxidation sites excluding steroid dienone is 18. The van der Waals surface area contributed by atoms with Crippen LogP contribution in [0.25, 0.3) is 0 Å². The van der Waals surface area contributed by atoms with E-state index in [2.05, 4.69) is 137 Å². The van der Waals surface area contributed by atoms with Gasteiger partial charge in [-0.25, -0.2) is 9.13 Å². The number of phosphoric ester groups is 2. The molecule has 0 fully saturated rings. The van der Waals surface area contributed by atoms with Gasteiger partial charge in [-0.3, -0.25) is 37.3 Å². The summed E-state index contributed by atoms with van der Waals surface area (Å²) in [4.78, 5) is 73.3. The van der Waals surface area contributed by atoms with Gasteiger partial charge in [-0.15, -0.1) is 0 Å². The van der Waals surface area contributed by atoms with Crippen LogP contribution >= 0.6 is 15.6 Å². The van der Waals surface area contributed by atoms with Crippen LogP contribution < -0.4 is 0 Å². The van der Waals surface area contributed by atoms with Gasteiger partial charge in [-0.2, -0.15) is 0 Å². The van der Waals surface area contributed by atoms with E-state index in [0.717, 1.165) is 193 Å². The van der Waals surface area contributed by atoms with Crippen LogP contribution in [0.1, 0.15) is 374 Å². The lowest BCUT2D eigenvalue weighted by Gasteiger charge is -2.21. The van der Waals surface area contributed by atoms with E-state index in [1.807, 2.05) is 0 Å². The summed E-state index contributed by atoms with van der Waals surface area (Å²) in [6.07, 6.45) is 88.9. The maximum Gasteiger partial charge on any atom is 0.472 e. The van der Waals surface area contributed by atoms with Crippen LogP contribution in [0.4, 0.5) is 0 Å². The number of carbonyl (C=O) groups is 4. The number of aliphatic hydroxyl groups is 1. The van der Waals surface area contributed by atoms with Gasteiger partial charge in [0.25, 0.3) is 0 Å². The van der Waals surface area contributed by atoms with Crippen LogP contribution in [0.3, 0.4) is 0 Å². The second-order valence-electron chi connectivity index (χ2n) is 28.7. The summed E-state index contributed by atoms with van der Waals surface area (Å²) in [5.74, 6) is -2.20. The lowest BCUT2D eigenvalue weighted by Crippen LogP contribution is -2.30. The van der Waals surface area contributed by atoms with E-state index in [1.54, 1.807) is 0 Å². The summed E-state index contributed by atoms with van der Waals surface area (Å²) in [5.41, 5.74) is 0. The number of aliphatic hydroxyl groups excluding tert-OH is 1. The van der Waals surface area contributed by atoms with Crippen molar-refractivity contribution in [1.29, 1.82) is 0 Å². The molecule has 0 amide bonds. The molecular weight excluding hydrogens is 1400 g/mol. The molecule has 0 aliphatic carbocycles. The SMILES string of the molecule is CC/C=C\C/C=C\C/C=C\C/C=C\CCCCCCCCC(=O)OCC(COP(=O)(O)OCC(O)COP(=O)(O)OCC(COC(=O)CCCCCCCC/C=C\C/C=C\C/C=C\CCCCC)OC(=O)CCCCCCCCCCCCCCCCC)OC(=O)CCCCCCC/C=C\C/C=C\CCCCC. The highest BCUT2D eigenvalue weighted by atomic mass is 31.2. The number of hydrogen-bond acceptors (Lipinski definition) is 15. The van der Waals surface area contributed by atoms with Gasteiger partial charge in [-0.1, -0.05) is 323 Å². The zero-order chi connectivity index (χ0) is 78.9. The molecule has 3 N–H and O–H groups in total. The second-order valence-corrected chi connectivity index (χ2v) is 31.7. The number of carbonyl (C=O) groups excluding carboxylic acids is 4. The molecule has 0 rings (SSSR count). The molecule has 0 aromatic carbocycles. The van der Waals surface area contributed by atoms with E-state index < -0.39 is 97.5 Å². The fraction of sp³-hybridized carbons (Fsp3) is 0.753. The van der Waals surface area contributed by atoms with Crippen LogP contribution in [-0.4, -0.2) is 96.7 Å². The van der Waals surface area contributed by atoms with E-state index in [-0.39, 0.29) is 25.7 Å². The minimum Gasteiger partial charge on any atom is -0.462 e. The van der Waals surface area contributed by atoms with Crippen molar-refractivity contribution in [1.82, 2.24) is 0 Å². The third-order valence-electron chi connectivity index (χ3n) is 18.2. The molecule has 19 heteroatoms. The highest BCUT2D eigenvalue weighted by Gasteiger charge is 2.30. The van der Waals surface area contributed by atoms with Crippen LogP contribution in [-0.2, 0) is 65.4 Å². The maximum absolute atomic E-state index is 13.1. The molecule has 0 radical (unpaired) electrons. The third kappa shape index (κ3) is 79.8. The molecule has 5 atom stereocenters. The number of unbranched alkanes of at least 4 members (excludes halogenated alkanes) is 37. The van der Waals surface area contributed by atoms with E-state index in [1.165, 1.54) is 103 Å². The normalized spacial score (nSPS) is 14.3. The lowest BCUT2D eigenvalue weighted by atomic mass is 10.0. The Labute approximate surface area is 658 Å². The molecule has 17 nitrogen and oxygen atoms in total. The van der Waals surface area contributed by atoms with Crippen molar-refractivity contribution >= 4 is 39.5 Å². The van der Waals surface area contributed by atoms with Crippen molar-refractivity contribution in [2.75, 3.05) is 39.6 Å². The van der Waals surface area contributed by atoms with Crippen molar-refractivity contribution in [3.05, 3.63) is 109 Å². The highest BCUT2D eigenvalue weighted by Crippen LogP contribution is 2.45. The van der Waals surface area contributed by atoms with Gasteiger partial charge in [0.2, 0.25) is 0 Å². The Balaban J connectivity index is 5.37. The number of phosphoric acid groups is 2. The number of hydrogen-bond donors (Lipinski definition) is 3. The van der Waals surface area contributed by atoms with Gasteiger partial charge in [0.05, 0.1) is 26.4 Å². The predicted molar refractivity (Wildman–Crippen MR) is 445 cm³/mol. The van der Waals surface area contributed by atoms with Crippen molar-refractivity contribution in [3.63, 3.8) is 0 Å². The Morgan fingerprint density at radius 1 is 0.269 bits per heavy atom.